The molecule has 0 saturated carbocycles. The maximum Gasteiger partial charge on any atom is 0.182 e. The van der Waals surface area contributed by atoms with Crippen molar-refractivity contribution in [3.05, 3.63) is 53.7 Å². The number of rotatable bonds is 9. The third-order valence-corrected chi connectivity index (χ3v) is 4.80. The normalized spacial score (nSPS) is 18.2. The van der Waals surface area contributed by atoms with Crippen molar-refractivity contribution in [3.8, 4) is 17.2 Å². The van der Waals surface area contributed by atoms with Crippen LogP contribution in [-0.4, -0.2) is 34.7 Å². The number of nitrogens with one attached hydrogen (secondary N) is 1. The molecule has 1 saturated heterocycles. The third-order valence-electron chi connectivity index (χ3n) is 4.80. The lowest BCUT2D eigenvalue weighted by atomic mass is 10.1. The third kappa shape index (κ3) is 5.07. The van der Waals surface area contributed by atoms with Crippen LogP contribution < -0.4 is 14.2 Å². The molecule has 1 aromatic heterocycles. The Bertz CT molecular complexity index is 982. The Morgan fingerprint density at radius 2 is 1.63 bits per heavy atom. The van der Waals surface area contributed by atoms with Crippen molar-refractivity contribution < 1.29 is 24.1 Å². The first kappa shape index (κ1) is 20.6. The van der Waals surface area contributed by atoms with Crippen LogP contribution >= 0.6 is 0 Å². The summed E-state index contributed by atoms with van der Waals surface area (Å²) in [7, 11) is 0. The lowest BCUT2D eigenvalue weighted by molar-refractivity contribution is 0.156. The highest BCUT2D eigenvalue weighted by atomic mass is 16.7. The van der Waals surface area contributed by atoms with E-state index >= 15 is 0 Å². The van der Waals surface area contributed by atoms with Gasteiger partial charge in [0, 0.05) is 29.6 Å². The molecule has 4 rings (SSSR count). The number of aromatic nitrogens is 1. The molecule has 0 spiro atoms. The van der Waals surface area contributed by atoms with Gasteiger partial charge in [-0.05, 0) is 69.2 Å². The van der Waals surface area contributed by atoms with Crippen molar-refractivity contribution in [2.24, 2.45) is 0 Å². The second-order valence-corrected chi connectivity index (χ2v) is 8.23. The van der Waals surface area contributed by atoms with Gasteiger partial charge in [-0.2, -0.15) is 0 Å². The smallest absolute Gasteiger partial charge is 0.182 e. The molecule has 0 bridgehead atoms. The van der Waals surface area contributed by atoms with Crippen molar-refractivity contribution in [1.82, 2.24) is 4.98 Å². The van der Waals surface area contributed by atoms with E-state index in [9.17, 15) is 5.11 Å². The zero-order valence-electron chi connectivity index (χ0n) is 17.8. The summed E-state index contributed by atoms with van der Waals surface area (Å²) >= 11 is 0. The van der Waals surface area contributed by atoms with Gasteiger partial charge in [-0.15, -0.1) is 0 Å². The minimum absolute atomic E-state index is 0.0800. The van der Waals surface area contributed by atoms with Gasteiger partial charge in [-0.3, -0.25) is 0 Å². The quantitative estimate of drug-likeness (QED) is 0.504. The van der Waals surface area contributed by atoms with Crippen molar-refractivity contribution in [2.75, 3.05) is 0 Å². The van der Waals surface area contributed by atoms with Gasteiger partial charge in [0.05, 0.1) is 12.2 Å². The van der Waals surface area contributed by atoms with E-state index in [0.717, 1.165) is 39.3 Å². The van der Waals surface area contributed by atoms with Gasteiger partial charge in [0.1, 0.15) is 30.0 Å². The van der Waals surface area contributed by atoms with E-state index in [0.29, 0.717) is 13.0 Å². The van der Waals surface area contributed by atoms with Gasteiger partial charge in [0.15, 0.2) is 6.29 Å². The summed E-state index contributed by atoms with van der Waals surface area (Å²) in [5.74, 6) is 2.32. The second-order valence-electron chi connectivity index (χ2n) is 8.23. The molecule has 3 aromatic rings. The van der Waals surface area contributed by atoms with Crippen LogP contribution in [0.15, 0.2) is 42.6 Å². The molecule has 0 radical (unpaired) electrons. The van der Waals surface area contributed by atoms with Crippen LogP contribution in [0.4, 0.5) is 0 Å². The molecule has 0 aliphatic carbocycles. The highest BCUT2D eigenvalue weighted by molar-refractivity contribution is 5.84. The highest BCUT2D eigenvalue weighted by Crippen LogP contribution is 2.30. The molecule has 30 heavy (non-hydrogen) atoms. The lowest BCUT2D eigenvalue weighted by Crippen LogP contribution is -2.09. The van der Waals surface area contributed by atoms with E-state index in [4.69, 9.17) is 18.9 Å². The first-order valence-electron chi connectivity index (χ1n) is 10.4. The SMILES string of the molecule is CC(C)Oc1cc(COc2ccc3[nH]cc(CC4OC4O)c3c2)cc(OC(C)C)c1. The number of epoxide rings is 1. The Morgan fingerprint density at radius 3 is 2.23 bits per heavy atom. The molecule has 2 N–H and O–H groups in total. The average molecular weight is 411 g/mol. The second kappa shape index (κ2) is 8.58. The molecule has 2 heterocycles. The van der Waals surface area contributed by atoms with E-state index in [-0.39, 0.29) is 18.3 Å². The van der Waals surface area contributed by atoms with Crippen LogP contribution in [0.25, 0.3) is 10.9 Å². The Balaban J connectivity index is 1.50. The predicted molar refractivity (Wildman–Crippen MR) is 115 cm³/mol. The molecule has 1 aliphatic rings. The molecule has 2 unspecified atom stereocenters. The number of H-pyrrole nitrogens is 1. The molecular weight excluding hydrogens is 382 g/mol. The van der Waals surface area contributed by atoms with Crippen molar-refractivity contribution in [2.45, 2.75) is 65.3 Å². The van der Waals surface area contributed by atoms with Gasteiger partial charge in [0.2, 0.25) is 0 Å². The van der Waals surface area contributed by atoms with Gasteiger partial charge in [-0.1, -0.05) is 0 Å². The van der Waals surface area contributed by atoms with Crippen LogP contribution in [0.1, 0.15) is 38.8 Å². The minimum atomic E-state index is -0.642. The molecule has 1 fully saturated rings. The summed E-state index contributed by atoms with van der Waals surface area (Å²) in [4.78, 5) is 3.26. The number of hydrogen-bond acceptors (Lipinski definition) is 5. The number of aliphatic hydroxyl groups is 1. The number of aliphatic hydroxyl groups excluding tert-OH is 1. The fraction of sp³-hybridized carbons (Fsp3) is 0.417. The van der Waals surface area contributed by atoms with Gasteiger partial charge in [0.25, 0.3) is 0 Å². The maximum absolute atomic E-state index is 9.44. The fourth-order valence-corrected chi connectivity index (χ4v) is 3.48. The fourth-order valence-electron chi connectivity index (χ4n) is 3.48. The van der Waals surface area contributed by atoms with Crippen molar-refractivity contribution in [3.63, 3.8) is 0 Å². The summed E-state index contributed by atoms with van der Waals surface area (Å²) < 4.78 is 23.0. The van der Waals surface area contributed by atoms with Crippen LogP contribution in [-0.2, 0) is 17.8 Å². The summed E-state index contributed by atoms with van der Waals surface area (Å²) in [5.41, 5.74) is 3.12. The van der Waals surface area contributed by atoms with E-state index < -0.39 is 6.29 Å². The lowest BCUT2D eigenvalue weighted by Gasteiger charge is -2.16. The van der Waals surface area contributed by atoms with Crippen LogP contribution in [0.3, 0.4) is 0 Å². The molecular formula is C24H29NO5. The summed E-state index contributed by atoms with van der Waals surface area (Å²) in [5, 5.41) is 10.5. The molecule has 6 nitrogen and oxygen atoms in total. The number of benzene rings is 2. The minimum Gasteiger partial charge on any atom is -0.491 e. The molecule has 2 aromatic carbocycles. The highest BCUT2D eigenvalue weighted by Gasteiger charge is 2.37. The number of ether oxygens (including phenoxy) is 4. The Kier molecular flexibility index (Phi) is 5.88. The molecule has 6 heteroatoms. The molecule has 1 aliphatic heterocycles. The number of hydrogen-bond donors (Lipinski definition) is 2. The Hall–Kier alpha value is -2.70. The summed E-state index contributed by atoms with van der Waals surface area (Å²) in [6, 6.07) is 11.9. The van der Waals surface area contributed by atoms with Gasteiger partial charge >= 0.3 is 0 Å². The van der Waals surface area contributed by atoms with E-state index in [2.05, 4.69) is 4.98 Å². The largest absolute Gasteiger partial charge is 0.491 e. The first-order valence-corrected chi connectivity index (χ1v) is 10.4. The predicted octanol–water partition coefficient (Wildman–Crippen LogP) is 4.58. The van der Waals surface area contributed by atoms with E-state index in [1.54, 1.807) is 0 Å². The van der Waals surface area contributed by atoms with E-state index in [1.165, 1.54) is 0 Å². The first-order chi connectivity index (χ1) is 14.4. The van der Waals surface area contributed by atoms with Crippen LogP contribution in [0.2, 0.25) is 0 Å². The molecule has 0 amide bonds. The monoisotopic (exact) mass is 411 g/mol. The van der Waals surface area contributed by atoms with Crippen molar-refractivity contribution >= 4 is 10.9 Å². The number of fused-ring (bicyclic) bond motifs is 1. The topological polar surface area (TPSA) is 76.2 Å². The van der Waals surface area contributed by atoms with Crippen molar-refractivity contribution in [1.29, 1.82) is 0 Å². The van der Waals surface area contributed by atoms with Gasteiger partial charge in [-0.25, -0.2) is 0 Å². The summed E-state index contributed by atoms with van der Waals surface area (Å²) in [6.45, 7) is 8.41. The Morgan fingerprint density at radius 1 is 0.967 bits per heavy atom. The molecule has 2 atom stereocenters. The zero-order chi connectivity index (χ0) is 21.3. The van der Waals surface area contributed by atoms with Crippen LogP contribution in [0, 0.1) is 0 Å². The van der Waals surface area contributed by atoms with Gasteiger partial charge < -0.3 is 29.0 Å². The van der Waals surface area contributed by atoms with Crippen LogP contribution in [0.5, 0.6) is 17.2 Å². The molecule has 160 valence electrons. The standard InChI is InChI=1S/C24H29NO5/c1-14(2)28-19-7-16(8-20(10-19)29-15(3)4)13-27-18-5-6-22-21(11-18)17(12-25-22)9-23-24(26)30-23/h5-8,10-12,14-15,23-26H,9,13H2,1-4H3. The van der Waals surface area contributed by atoms with E-state index in [1.807, 2.05) is 70.3 Å². The number of aromatic amines is 1. The summed E-state index contributed by atoms with van der Waals surface area (Å²) in [6.07, 6.45) is 2.04. The maximum atomic E-state index is 9.44. The average Bonchev–Trinajstić information content (AvgIpc) is 3.21. The zero-order valence-corrected chi connectivity index (χ0v) is 17.8. The Labute approximate surface area is 176 Å².